The fourth-order valence-electron chi connectivity index (χ4n) is 5.40. The number of carbonyl (C=O) groups is 4. The van der Waals surface area contributed by atoms with Gasteiger partial charge in [-0.05, 0) is 55.3 Å². The van der Waals surface area contributed by atoms with E-state index in [-0.39, 0.29) is 48.6 Å². The number of rotatable bonds is 12. The predicted octanol–water partition coefficient (Wildman–Crippen LogP) is 4.31. The van der Waals surface area contributed by atoms with E-state index in [1.807, 2.05) is 0 Å². The maximum absolute atomic E-state index is 14.6. The van der Waals surface area contributed by atoms with Gasteiger partial charge in [0.1, 0.15) is 5.75 Å². The first-order valence-corrected chi connectivity index (χ1v) is 14.8. The molecule has 1 aliphatic heterocycles. The summed E-state index contributed by atoms with van der Waals surface area (Å²) in [7, 11) is 7.96. The molecule has 3 atom stereocenters. The van der Waals surface area contributed by atoms with Gasteiger partial charge < -0.3 is 39.0 Å². The molecule has 13 heteroatoms. The van der Waals surface area contributed by atoms with Gasteiger partial charge >= 0.3 is 12.1 Å². The number of Topliss-reactive ketones (excluding diaryl/α,β-unsaturated/α-hetero) is 1. The molecule has 3 aromatic carbocycles. The van der Waals surface area contributed by atoms with Gasteiger partial charge in [0.2, 0.25) is 6.23 Å². The number of esters is 1. The summed E-state index contributed by atoms with van der Waals surface area (Å²) >= 11 is 0. The normalized spacial score (nSPS) is 17.6. The van der Waals surface area contributed by atoms with Crippen molar-refractivity contribution >= 4 is 29.4 Å². The number of carboxylic acid groups (broad SMARTS) is 1. The lowest BCUT2D eigenvalue weighted by Crippen LogP contribution is -2.58. The molecule has 2 amide bonds. The molecule has 0 aromatic heterocycles. The van der Waals surface area contributed by atoms with Crippen molar-refractivity contribution in [1.29, 1.82) is 0 Å². The number of amides is 2. The van der Waals surface area contributed by atoms with E-state index in [1.165, 1.54) is 45.6 Å². The van der Waals surface area contributed by atoms with Crippen LogP contribution < -0.4 is 24.4 Å². The first-order valence-electron chi connectivity index (χ1n) is 14.8. The van der Waals surface area contributed by atoms with Crippen LogP contribution in [0.3, 0.4) is 0 Å². The van der Waals surface area contributed by atoms with E-state index in [9.17, 15) is 24.3 Å². The Balaban J connectivity index is 1.82. The van der Waals surface area contributed by atoms with E-state index in [1.54, 1.807) is 61.5 Å². The molecule has 47 heavy (non-hydrogen) atoms. The van der Waals surface area contributed by atoms with Crippen molar-refractivity contribution in [3.63, 3.8) is 0 Å². The van der Waals surface area contributed by atoms with Gasteiger partial charge in [0, 0.05) is 51.0 Å². The van der Waals surface area contributed by atoms with Crippen LogP contribution >= 0.6 is 0 Å². The van der Waals surface area contributed by atoms with Crippen molar-refractivity contribution in [3.05, 3.63) is 83.4 Å². The second-order valence-corrected chi connectivity index (χ2v) is 10.9. The number of anilines is 1. The highest BCUT2D eigenvalue weighted by atomic mass is 16.7. The monoisotopic (exact) mass is 649 g/mol. The lowest BCUT2D eigenvalue weighted by atomic mass is 9.85. The Labute approximate surface area is 272 Å². The zero-order valence-electron chi connectivity index (χ0n) is 26.9. The van der Waals surface area contributed by atoms with E-state index in [2.05, 4.69) is 5.32 Å². The molecule has 0 bridgehead atoms. The van der Waals surface area contributed by atoms with Crippen LogP contribution in [-0.2, 0) is 9.47 Å². The Morgan fingerprint density at radius 3 is 2.23 bits per heavy atom. The molecule has 3 aromatic rings. The van der Waals surface area contributed by atoms with Gasteiger partial charge in [-0.2, -0.15) is 0 Å². The lowest BCUT2D eigenvalue weighted by Gasteiger charge is -2.35. The first-order chi connectivity index (χ1) is 22.6. The van der Waals surface area contributed by atoms with Crippen molar-refractivity contribution in [2.24, 2.45) is 5.92 Å². The summed E-state index contributed by atoms with van der Waals surface area (Å²) in [6.07, 6.45) is -2.53. The number of nitrogens with zero attached hydrogens (tertiary/aromatic N) is 2. The van der Waals surface area contributed by atoms with Crippen molar-refractivity contribution in [2.75, 3.05) is 53.7 Å². The molecule has 250 valence electrons. The van der Waals surface area contributed by atoms with Gasteiger partial charge in [-0.25, -0.2) is 9.59 Å². The molecule has 13 nitrogen and oxygen atoms in total. The minimum atomic E-state index is -1.56. The van der Waals surface area contributed by atoms with Crippen LogP contribution in [0.4, 0.5) is 10.5 Å². The summed E-state index contributed by atoms with van der Waals surface area (Å²) in [5, 5.41) is 13.1. The molecule has 0 saturated carbocycles. The molecule has 1 aliphatic rings. The van der Waals surface area contributed by atoms with Crippen molar-refractivity contribution < 1.29 is 48.0 Å². The van der Waals surface area contributed by atoms with Crippen molar-refractivity contribution in [3.8, 4) is 17.2 Å². The Morgan fingerprint density at radius 1 is 0.936 bits per heavy atom. The third kappa shape index (κ3) is 8.11. The Bertz CT molecular complexity index is 1560. The van der Waals surface area contributed by atoms with Crippen LogP contribution in [0.1, 0.15) is 43.9 Å². The second-order valence-electron chi connectivity index (χ2n) is 10.9. The maximum atomic E-state index is 14.6. The number of methoxy groups -OCH3 is 3. The average Bonchev–Trinajstić information content (AvgIpc) is 3.26. The number of likely N-dealkylation sites (tertiary alicyclic amines) is 1. The van der Waals surface area contributed by atoms with Gasteiger partial charge in [-0.3, -0.25) is 14.5 Å². The molecule has 0 spiro atoms. The molecule has 3 unspecified atom stereocenters. The van der Waals surface area contributed by atoms with Gasteiger partial charge in [0.25, 0.3) is 5.91 Å². The predicted molar refractivity (Wildman–Crippen MR) is 172 cm³/mol. The molecule has 1 saturated heterocycles. The third-order valence-electron chi connectivity index (χ3n) is 7.78. The molecular weight excluding hydrogens is 610 g/mol. The van der Waals surface area contributed by atoms with E-state index in [4.69, 9.17) is 23.7 Å². The van der Waals surface area contributed by atoms with Gasteiger partial charge in [0.15, 0.2) is 24.1 Å². The zero-order valence-corrected chi connectivity index (χ0v) is 26.9. The van der Waals surface area contributed by atoms with Crippen LogP contribution in [0.25, 0.3) is 0 Å². The Kier molecular flexibility index (Phi) is 11.6. The minimum absolute atomic E-state index is 0.0141. The average molecular weight is 650 g/mol. The largest absolute Gasteiger partial charge is 0.493 e. The molecule has 0 aliphatic carbocycles. The Morgan fingerprint density at radius 2 is 1.64 bits per heavy atom. The second kappa shape index (κ2) is 15.8. The summed E-state index contributed by atoms with van der Waals surface area (Å²) in [6.45, 7) is -0.0396. The summed E-state index contributed by atoms with van der Waals surface area (Å²) in [4.78, 5) is 57.0. The SMILES string of the molecule is COCOc1ccc(C(=O)NC2C(C(=O)c3cc(N(C)C)cc(OC)c3OC)CCCN(C(=O)O)C2OC(=O)c2ccccc2)cc1. The molecule has 1 fully saturated rings. The standard InChI is InChI=1S/C34H39N3O10/c1-36(2)23-18-26(30(45-5)27(19-23)44-4)29(38)25-12-9-17-37(34(41)42)32(47-33(40)22-10-7-6-8-11-22)28(25)35-31(39)21-13-15-24(16-14-21)46-20-43-3/h6-8,10-11,13-16,18-19,25,28,32H,9,12,17,20H2,1-5H3,(H,35,39)(H,41,42). The van der Waals surface area contributed by atoms with Crippen LogP contribution in [-0.4, -0.2) is 94.8 Å². The molecule has 0 radical (unpaired) electrons. The molecular formula is C34H39N3O10. The quantitative estimate of drug-likeness (QED) is 0.164. The number of ether oxygens (including phenoxy) is 5. The summed E-state index contributed by atoms with van der Waals surface area (Å²) < 4.78 is 27.3. The number of carbonyl (C=O) groups excluding carboxylic acids is 3. The summed E-state index contributed by atoms with van der Waals surface area (Å²) in [5.41, 5.74) is 1.19. The maximum Gasteiger partial charge on any atom is 0.410 e. The van der Waals surface area contributed by atoms with E-state index < -0.39 is 41.9 Å². The van der Waals surface area contributed by atoms with E-state index >= 15 is 0 Å². The number of hydrogen-bond acceptors (Lipinski definition) is 10. The Hall–Kier alpha value is -5.30. The highest BCUT2D eigenvalue weighted by Gasteiger charge is 2.45. The van der Waals surface area contributed by atoms with E-state index in [0.29, 0.717) is 17.2 Å². The van der Waals surface area contributed by atoms with E-state index in [0.717, 1.165) is 4.90 Å². The number of hydrogen-bond donors (Lipinski definition) is 2. The van der Waals surface area contributed by atoms with Gasteiger partial charge in [-0.1, -0.05) is 18.2 Å². The topological polar surface area (TPSA) is 153 Å². The smallest absolute Gasteiger partial charge is 0.410 e. The van der Waals surface area contributed by atoms with Crippen LogP contribution in [0.2, 0.25) is 0 Å². The molecule has 2 N–H and O–H groups in total. The third-order valence-corrected chi connectivity index (χ3v) is 7.78. The molecule has 4 rings (SSSR count). The lowest BCUT2D eigenvalue weighted by molar-refractivity contribution is -0.0416. The van der Waals surface area contributed by atoms with Crippen LogP contribution in [0.5, 0.6) is 17.2 Å². The van der Waals surface area contributed by atoms with Crippen LogP contribution in [0.15, 0.2) is 66.7 Å². The summed E-state index contributed by atoms with van der Waals surface area (Å²) in [5.74, 6) is -1.99. The fourth-order valence-corrected chi connectivity index (χ4v) is 5.40. The highest BCUT2D eigenvalue weighted by molar-refractivity contribution is 6.03. The van der Waals surface area contributed by atoms with Gasteiger partial charge in [0.05, 0.1) is 31.4 Å². The van der Waals surface area contributed by atoms with Crippen molar-refractivity contribution in [1.82, 2.24) is 10.2 Å². The first kappa shape index (κ1) is 34.6. The van der Waals surface area contributed by atoms with Crippen LogP contribution in [0, 0.1) is 5.92 Å². The summed E-state index contributed by atoms with van der Waals surface area (Å²) in [6, 6.07) is 16.3. The minimum Gasteiger partial charge on any atom is -0.493 e. The molecule has 1 heterocycles. The number of benzene rings is 3. The van der Waals surface area contributed by atoms with Crippen molar-refractivity contribution in [2.45, 2.75) is 25.1 Å². The van der Waals surface area contributed by atoms with Gasteiger partial charge in [-0.15, -0.1) is 0 Å². The number of nitrogens with one attached hydrogen (secondary N) is 1. The number of ketones is 1. The highest BCUT2D eigenvalue weighted by Crippen LogP contribution is 2.39. The fraction of sp³-hybridized carbons (Fsp3) is 0.353. The zero-order chi connectivity index (χ0) is 34.1.